The molecule has 2 aromatic carbocycles. The lowest BCUT2D eigenvalue weighted by Gasteiger charge is -2.11. The molecule has 0 unspecified atom stereocenters. The van der Waals surface area contributed by atoms with Gasteiger partial charge in [0.05, 0.1) is 17.2 Å². The smallest absolute Gasteiger partial charge is 0.221 e. The second-order valence-electron chi connectivity index (χ2n) is 7.58. The van der Waals surface area contributed by atoms with E-state index in [-0.39, 0.29) is 26.1 Å². The second kappa shape index (κ2) is 7.98. The first kappa shape index (κ1) is 21.1. The van der Waals surface area contributed by atoms with Crippen molar-refractivity contribution in [2.45, 2.75) is 9.10 Å². The highest BCUT2D eigenvalue weighted by Gasteiger charge is 2.31. The third kappa shape index (κ3) is 3.62. The molecule has 0 bridgehead atoms. The van der Waals surface area contributed by atoms with E-state index in [1.54, 1.807) is 29.8 Å². The molecule has 0 fully saturated rings. The summed E-state index contributed by atoms with van der Waals surface area (Å²) in [5.41, 5.74) is 9.94. The molecule has 5 rings (SSSR count). The molecule has 0 aliphatic rings. The van der Waals surface area contributed by atoms with E-state index in [2.05, 4.69) is 15.1 Å². The van der Waals surface area contributed by atoms with Gasteiger partial charge in [0.25, 0.3) is 0 Å². The maximum absolute atomic E-state index is 13.4. The van der Waals surface area contributed by atoms with E-state index < -0.39 is 9.84 Å². The molecule has 10 heteroatoms. The van der Waals surface area contributed by atoms with E-state index in [0.717, 1.165) is 22.6 Å². The van der Waals surface area contributed by atoms with E-state index in [1.165, 1.54) is 4.68 Å². The van der Waals surface area contributed by atoms with E-state index in [4.69, 9.17) is 5.73 Å². The van der Waals surface area contributed by atoms with Gasteiger partial charge in [0.15, 0.2) is 5.65 Å². The number of anilines is 2. The Hall–Kier alpha value is -3.76. The van der Waals surface area contributed by atoms with Gasteiger partial charge in [0, 0.05) is 19.8 Å². The van der Waals surface area contributed by atoms with Gasteiger partial charge >= 0.3 is 0 Å². The zero-order valence-corrected chi connectivity index (χ0v) is 19.5. The summed E-state index contributed by atoms with van der Waals surface area (Å²) in [7, 11) is 0.0251. The zero-order valence-electron chi connectivity index (χ0n) is 17.9. The van der Waals surface area contributed by atoms with Crippen molar-refractivity contribution in [1.29, 1.82) is 0 Å². The van der Waals surface area contributed by atoms with E-state index in [0.29, 0.717) is 11.0 Å². The van der Waals surface area contributed by atoms with Crippen LogP contribution in [0.1, 0.15) is 5.56 Å². The Bertz CT molecular complexity index is 1600. The number of para-hydroxylation sites is 2. The molecule has 0 aliphatic carbocycles. The lowest BCUT2D eigenvalue weighted by atomic mass is 10.2. The van der Waals surface area contributed by atoms with Crippen LogP contribution in [0.4, 0.5) is 11.5 Å². The summed E-state index contributed by atoms with van der Waals surface area (Å²) in [6.07, 6.45) is 1.62. The fourth-order valence-corrected chi connectivity index (χ4v) is 6.09. The van der Waals surface area contributed by atoms with Crippen LogP contribution in [0, 0.1) is 0 Å². The normalized spacial score (nSPS) is 12.2. The molecule has 0 spiro atoms. The fourth-order valence-electron chi connectivity index (χ4n) is 3.50. The van der Waals surface area contributed by atoms with E-state index >= 15 is 0 Å². The molecule has 0 amide bonds. The van der Waals surface area contributed by atoms with Gasteiger partial charge in [-0.05, 0) is 41.3 Å². The van der Waals surface area contributed by atoms with Gasteiger partial charge in [-0.25, -0.2) is 18.4 Å². The number of fused-ring (bicyclic) bond motifs is 2. The first-order valence-electron chi connectivity index (χ1n) is 10.0. The number of nitrogen functional groups attached to an aromatic ring is 1. The van der Waals surface area contributed by atoms with Crippen molar-refractivity contribution < 1.29 is 8.42 Å². The first-order chi connectivity index (χ1) is 15.9. The van der Waals surface area contributed by atoms with Crippen LogP contribution in [0.25, 0.3) is 22.2 Å². The van der Waals surface area contributed by atoms with Crippen LogP contribution in [0.2, 0.25) is 0 Å². The largest absolute Gasteiger partial charge is 0.382 e. The van der Waals surface area contributed by atoms with Crippen molar-refractivity contribution >= 4 is 61.1 Å². The number of thiophene rings is 1. The third-order valence-electron chi connectivity index (χ3n) is 5.19. The minimum atomic E-state index is -3.91. The molecule has 0 radical (unpaired) electrons. The lowest BCUT2D eigenvalue weighted by molar-refractivity contribution is 0.599. The number of benzene rings is 2. The van der Waals surface area contributed by atoms with Crippen molar-refractivity contribution in [3.63, 3.8) is 0 Å². The Balaban J connectivity index is 1.73. The van der Waals surface area contributed by atoms with Crippen LogP contribution in [0.15, 0.2) is 80.2 Å². The molecule has 0 atom stereocenters. The van der Waals surface area contributed by atoms with Gasteiger partial charge < -0.3 is 10.6 Å². The molecule has 0 aliphatic heterocycles. The van der Waals surface area contributed by atoms with Gasteiger partial charge in [-0.15, -0.1) is 11.3 Å². The number of aromatic nitrogens is 3. The highest BCUT2D eigenvalue weighted by Crippen LogP contribution is 2.36. The predicted octanol–water partition coefficient (Wildman–Crippen LogP) is 4.01. The lowest BCUT2D eigenvalue weighted by Crippen LogP contribution is -2.08. The molecule has 3 heterocycles. The Labute approximate surface area is 194 Å². The molecule has 166 valence electrons. The fraction of sp³-hybridized carbons (Fsp3) is 0.0870. The highest BCUT2D eigenvalue weighted by molar-refractivity contribution is 7.93. The van der Waals surface area contributed by atoms with Crippen molar-refractivity contribution in [1.82, 2.24) is 14.6 Å². The van der Waals surface area contributed by atoms with Crippen LogP contribution in [0.5, 0.6) is 0 Å². The summed E-state index contributed by atoms with van der Waals surface area (Å²) in [6, 6.07) is 18.3. The molecular formula is C23H20N6O2S2. The Morgan fingerprint density at radius 2 is 1.70 bits per heavy atom. The van der Waals surface area contributed by atoms with Crippen LogP contribution < -0.4 is 10.6 Å². The molecule has 8 nitrogen and oxygen atoms in total. The van der Waals surface area contributed by atoms with Crippen molar-refractivity contribution in [2.75, 3.05) is 24.7 Å². The summed E-state index contributed by atoms with van der Waals surface area (Å²) < 4.78 is 28.4. The molecule has 2 N–H and O–H groups in total. The second-order valence-corrected chi connectivity index (χ2v) is 10.6. The van der Waals surface area contributed by atoms with E-state index in [9.17, 15) is 8.42 Å². The van der Waals surface area contributed by atoms with E-state index in [1.807, 2.05) is 61.5 Å². The van der Waals surface area contributed by atoms with Crippen LogP contribution in [-0.2, 0) is 9.84 Å². The monoisotopic (exact) mass is 476 g/mol. The topological polar surface area (TPSA) is 106 Å². The van der Waals surface area contributed by atoms with Gasteiger partial charge in [-0.2, -0.15) is 9.78 Å². The standard InChI is InChI=1S/C23H20N6O2S2/c1-28(2)16-11-9-15(10-12-16)14-25-29-22(24)21(33(30,31)19-8-5-13-32-19)20-23(29)27-18-7-4-3-6-17(18)26-20/h3-14H,24H2,1-2H3/b25-14+. The maximum atomic E-state index is 13.4. The van der Waals surface area contributed by atoms with Gasteiger partial charge in [0.1, 0.15) is 20.4 Å². The molecule has 5 aromatic rings. The number of hydrogen-bond donors (Lipinski definition) is 1. The quantitative estimate of drug-likeness (QED) is 0.384. The average Bonchev–Trinajstić information content (AvgIpc) is 3.43. The minimum absolute atomic E-state index is 0.0325. The molecule has 3 aromatic heterocycles. The van der Waals surface area contributed by atoms with Crippen molar-refractivity contribution in [3.05, 3.63) is 71.6 Å². The van der Waals surface area contributed by atoms with Crippen molar-refractivity contribution in [2.24, 2.45) is 5.10 Å². The minimum Gasteiger partial charge on any atom is -0.382 e. The van der Waals surface area contributed by atoms with Crippen molar-refractivity contribution in [3.8, 4) is 0 Å². The highest BCUT2D eigenvalue weighted by atomic mass is 32.2. The van der Waals surface area contributed by atoms with Crippen LogP contribution >= 0.6 is 11.3 Å². The Kier molecular flexibility index (Phi) is 5.10. The number of sulfone groups is 1. The molecule has 33 heavy (non-hydrogen) atoms. The summed E-state index contributed by atoms with van der Waals surface area (Å²) in [5.74, 6) is -0.0325. The Morgan fingerprint density at radius 3 is 2.33 bits per heavy atom. The SMILES string of the molecule is CN(C)c1ccc(/C=N/n2c(N)c(S(=O)(=O)c3cccs3)c3nc4ccccc4nc32)cc1. The number of nitrogens with two attached hydrogens (primary N) is 1. The summed E-state index contributed by atoms with van der Waals surface area (Å²) in [5, 5.41) is 6.20. The van der Waals surface area contributed by atoms with Gasteiger partial charge in [-0.1, -0.05) is 30.3 Å². The average molecular weight is 477 g/mol. The van der Waals surface area contributed by atoms with Gasteiger partial charge in [-0.3, -0.25) is 0 Å². The summed E-state index contributed by atoms with van der Waals surface area (Å²) >= 11 is 1.13. The molecular weight excluding hydrogens is 456 g/mol. The number of rotatable bonds is 5. The van der Waals surface area contributed by atoms with Crippen LogP contribution in [0.3, 0.4) is 0 Å². The third-order valence-corrected chi connectivity index (χ3v) is 8.40. The maximum Gasteiger partial charge on any atom is 0.221 e. The van der Waals surface area contributed by atoms with Crippen LogP contribution in [-0.4, -0.2) is 43.4 Å². The first-order valence-corrected chi connectivity index (χ1v) is 12.4. The summed E-state index contributed by atoms with van der Waals surface area (Å²) in [6.45, 7) is 0. The zero-order chi connectivity index (χ0) is 23.2. The molecule has 0 saturated carbocycles. The molecule has 0 saturated heterocycles. The number of nitrogens with zero attached hydrogens (tertiary/aromatic N) is 5. The predicted molar refractivity (Wildman–Crippen MR) is 133 cm³/mol. The number of hydrogen-bond acceptors (Lipinski definition) is 8. The summed E-state index contributed by atoms with van der Waals surface area (Å²) in [4.78, 5) is 11.2. The Morgan fingerprint density at radius 1 is 1.00 bits per heavy atom. The van der Waals surface area contributed by atoms with Gasteiger partial charge in [0.2, 0.25) is 9.84 Å².